The molecular formula is C8H14N2O3. The summed E-state index contributed by atoms with van der Waals surface area (Å²) in [6, 6.07) is -0.293. The molecule has 1 aliphatic heterocycles. The van der Waals surface area contributed by atoms with Crippen LogP contribution in [0.1, 0.15) is 12.8 Å². The number of carbonyl (C=O) groups is 2. The molecule has 5 heteroatoms. The Morgan fingerprint density at radius 2 is 2.31 bits per heavy atom. The Labute approximate surface area is 76.8 Å². The van der Waals surface area contributed by atoms with E-state index in [9.17, 15) is 9.59 Å². The number of hydrogen-bond acceptors (Lipinski definition) is 4. The summed E-state index contributed by atoms with van der Waals surface area (Å²) in [5.74, 6) is -0.686. The number of carbonyl (C=O) groups excluding carboxylic acids is 2. The quantitative estimate of drug-likeness (QED) is 0.580. The summed E-state index contributed by atoms with van der Waals surface area (Å²) in [4.78, 5) is 23.6. The average molecular weight is 186 g/mol. The minimum Gasteiger partial charge on any atom is -0.468 e. The highest BCUT2D eigenvalue weighted by atomic mass is 16.5. The number of nitrogens with two attached hydrogens (primary N) is 1. The molecule has 1 atom stereocenters. The summed E-state index contributed by atoms with van der Waals surface area (Å²) in [7, 11) is 1.33. The van der Waals surface area contributed by atoms with Gasteiger partial charge in [-0.2, -0.15) is 0 Å². The van der Waals surface area contributed by atoms with Gasteiger partial charge in [-0.05, 0) is 19.4 Å². The lowest BCUT2D eigenvalue weighted by atomic mass is 10.2. The van der Waals surface area contributed by atoms with Gasteiger partial charge in [-0.15, -0.1) is 0 Å². The van der Waals surface area contributed by atoms with Crippen LogP contribution in [0, 0.1) is 0 Å². The summed E-state index contributed by atoms with van der Waals surface area (Å²) in [6.07, 6.45) is 1.65. The van der Waals surface area contributed by atoms with E-state index in [-0.39, 0.29) is 24.5 Å². The zero-order chi connectivity index (χ0) is 9.84. The van der Waals surface area contributed by atoms with Crippen molar-refractivity contribution in [2.45, 2.75) is 18.9 Å². The highest BCUT2D eigenvalue weighted by molar-refractivity contribution is 5.81. The number of likely N-dealkylation sites (tertiary alicyclic amines) is 1. The fourth-order valence-corrected chi connectivity index (χ4v) is 1.57. The first kappa shape index (κ1) is 9.98. The molecule has 1 saturated heterocycles. The fraction of sp³-hybridized carbons (Fsp3) is 0.750. The van der Waals surface area contributed by atoms with Gasteiger partial charge in [-0.3, -0.25) is 14.5 Å². The van der Waals surface area contributed by atoms with Crippen LogP contribution >= 0.6 is 0 Å². The van der Waals surface area contributed by atoms with Crippen molar-refractivity contribution in [1.82, 2.24) is 4.90 Å². The molecule has 0 aromatic rings. The van der Waals surface area contributed by atoms with Gasteiger partial charge in [0.2, 0.25) is 5.91 Å². The van der Waals surface area contributed by atoms with Crippen molar-refractivity contribution in [3.63, 3.8) is 0 Å². The van der Waals surface area contributed by atoms with Crippen LogP contribution < -0.4 is 5.73 Å². The molecule has 1 heterocycles. The molecule has 5 nitrogen and oxygen atoms in total. The standard InChI is InChI=1S/C8H14N2O3/c1-13-7(11)5-10-4-2-3-6(10)8(9)12/h6H,2-5H2,1H3,(H2,9,12)/t6-/m0/s1. The maximum Gasteiger partial charge on any atom is 0.319 e. The highest BCUT2D eigenvalue weighted by Gasteiger charge is 2.30. The van der Waals surface area contributed by atoms with Gasteiger partial charge in [0.1, 0.15) is 0 Å². The predicted octanol–water partition coefficient (Wildman–Crippen LogP) is -0.891. The fourth-order valence-electron chi connectivity index (χ4n) is 1.57. The van der Waals surface area contributed by atoms with Crippen LogP contribution in [-0.2, 0) is 14.3 Å². The van der Waals surface area contributed by atoms with Gasteiger partial charge in [0.15, 0.2) is 0 Å². The number of esters is 1. The topological polar surface area (TPSA) is 72.6 Å². The molecule has 0 bridgehead atoms. The van der Waals surface area contributed by atoms with Crippen molar-refractivity contribution >= 4 is 11.9 Å². The molecule has 1 aliphatic rings. The number of rotatable bonds is 3. The number of amides is 1. The van der Waals surface area contributed by atoms with Crippen LogP contribution in [0.15, 0.2) is 0 Å². The molecule has 1 fully saturated rings. The van der Waals surface area contributed by atoms with Crippen LogP contribution in [0.4, 0.5) is 0 Å². The third kappa shape index (κ3) is 2.42. The van der Waals surface area contributed by atoms with Gasteiger partial charge in [0.05, 0.1) is 19.7 Å². The number of hydrogen-bond donors (Lipinski definition) is 1. The van der Waals surface area contributed by atoms with Gasteiger partial charge >= 0.3 is 5.97 Å². The SMILES string of the molecule is COC(=O)CN1CCC[C@H]1C(N)=O. The summed E-state index contributed by atoms with van der Waals surface area (Å²) in [5.41, 5.74) is 5.17. The number of nitrogens with zero attached hydrogens (tertiary/aromatic N) is 1. The van der Waals surface area contributed by atoms with Crippen LogP contribution in [0.5, 0.6) is 0 Å². The Hall–Kier alpha value is -1.10. The molecule has 0 aromatic carbocycles. The van der Waals surface area contributed by atoms with Crippen molar-refractivity contribution in [3.05, 3.63) is 0 Å². The monoisotopic (exact) mass is 186 g/mol. The molecule has 1 rings (SSSR count). The van der Waals surface area contributed by atoms with E-state index in [4.69, 9.17) is 5.73 Å². The maximum atomic E-state index is 10.9. The van der Waals surface area contributed by atoms with Crippen molar-refractivity contribution in [3.8, 4) is 0 Å². The van der Waals surface area contributed by atoms with Crippen LogP contribution in [0.2, 0.25) is 0 Å². The Bertz CT molecular complexity index is 217. The third-order valence-electron chi connectivity index (χ3n) is 2.25. The largest absolute Gasteiger partial charge is 0.468 e. The van der Waals surface area contributed by atoms with Gasteiger partial charge < -0.3 is 10.5 Å². The second-order valence-electron chi connectivity index (χ2n) is 3.11. The van der Waals surface area contributed by atoms with Crippen molar-refractivity contribution in [2.75, 3.05) is 20.2 Å². The van der Waals surface area contributed by atoms with E-state index in [1.165, 1.54) is 7.11 Å². The first-order valence-corrected chi connectivity index (χ1v) is 4.25. The van der Waals surface area contributed by atoms with Gasteiger partial charge in [0, 0.05) is 0 Å². The van der Waals surface area contributed by atoms with Gasteiger partial charge in [0.25, 0.3) is 0 Å². The number of primary amides is 1. The minimum absolute atomic E-state index is 0.157. The molecule has 2 N–H and O–H groups in total. The van der Waals surface area contributed by atoms with Crippen molar-refractivity contribution in [1.29, 1.82) is 0 Å². The van der Waals surface area contributed by atoms with Gasteiger partial charge in [-0.25, -0.2) is 0 Å². The second kappa shape index (κ2) is 4.23. The Morgan fingerprint density at radius 3 is 2.85 bits per heavy atom. The second-order valence-corrected chi connectivity index (χ2v) is 3.11. The van der Waals surface area contributed by atoms with Crippen LogP contribution in [-0.4, -0.2) is 43.0 Å². The van der Waals surface area contributed by atoms with Crippen LogP contribution in [0.25, 0.3) is 0 Å². The van der Waals surface area contributed by atoms with E-state index in [1.807, 2.05) is 0 Å². The first-order valence-electron chi connectivity index (χ1n) is 4.25. The van der Waals surface area contributed by atoms with E-state index in [2.05, 4.69) is 4.74 Å². The van der Waals surface area contributed by atoms with Crippen molar-refractivity contribution in [2.24, 2.45) is 5.73 Å². The lowest BCUT2D eigenvalue weighted by molar-refractivity contribution is -0.142. The third-order valence-corrected chi connectivity index (χ3v) is 2.25. The minimum atomic E-state index is -0.360. The Morgan fingerprint density at radius 1 is 1.62 bits per heavy atom. The normalized spacial score (nSPS) is 23.0. The zero-order valence-electron chi connectivity index (χ0n) is 7.66. The number of ether oxygens (including phenoxy) is 1. The van der Waals surface area contributed by atoms with E-state index in [0.717, 1.165) is 19.4 Å². The van der Waals surface area contributed by atoms with E-state index >= 15 is 0 Å². The molecule has 1 amide bonds. The highest BCUT2D eigenvalue weighted by Crippen LogP contribution is 2.15. The predicted molar refractivity (Wildman–Crippen MR) is 45.8 cm³/mol. The van der Waals surface area contributed by atoms with E-state index in [1.54, 1.807) is 4.90 Å². The summed E-state index contributed by atoms with van der Waals surface area (Å²) in [6.45, 7) is 0.896. The Balaban J connectivity index is 2.48. The summed E-state index contributed by atoms with van der Waals surface area (Å²) >= 11 is 0. The molecular weight excluding hydrogens is 172 g/mol. The van der Waals surface area contributed by atoms with E-state index in [0.29, 0.717) is 0 Å². The summed E-state index contributed by atoms with van der Waals surface area (Å²) < 4.78 is 4.51. The summed E-state index contributed by atoms with van der Waals surface area (Å²) in [5, 5.41) is 0. The molecule has 0 spiro atoms. The smallest absolute Gasteiger partial charge is 0.319 e. The zero-order valence-corrected chi connectivity index (χ0v) is 7.66. The molecule has 0 radical (unpaired) electrons. The molecule has 0 aromatic heterocycles. The van der Waals surface area contributed by atoms with Crippen LogP contribution in [0.3, 0.4) is 0 Å². The first-order chi connectivity index (χ1) is 6.15. The molecule has 0 unspecified atom stereocenters. The molecule has 74 valence electrons. The maximum absolute atomic E-state index is 10.9. The molecule has 0 aliphatic carbocycles. The average Bonchev–Trinajstić information content (AvgIpc) is 2.52. The Kier molecular flexibility index (Phi) is 3.25. The molecule has 13 heavy (non-hydrogen) atoms. The number of methoxy groups -OCH3 is 1. The van der Waals surface area contributed by atoms with Crippen molar-refractivity contribution < 1.29 is 14.3 Å². The van der Waals surface area contributed by atoms with Gasteiger partial charge in [-0.1, -0.05) is 0 Å². The lowest BCUT2D eigenvalue weighted by Gasteiger charge is -2.19. The van der Waals surface area contributed by atoms with E-state index < -0.39 is 0 Å². The lowest BCUT2D eigenvalue weighted by Crippen LogP contribution is -2.42. The molecule has 0 saturated carbocycles.